The van der Waals surface area contributed by atoms with Gasteiger partial charge in [-0.15, -0.1) is 11.3 Å². The molecule has 78 valence electrons. The number of halogens is 2. The summed E-state index contributed by atoms with van der Waals surface area (Å²) < 4.78 is 13.1. The van der Waals surface area contributed by atoms with E-state index in [1.54, 1.807) is 18.3 Å². The van der Waals surface area contributed by atoms with Crippen LogP contribution < -0.4 is 0 Å². The number of hydrogen-bond donors (Lipinski definition) is 0. The number of thiophene rings is 1. The highest BCUT2D eigenvalue weighted by molar-refractivity contribution is 7.09. The third kappa shape index (κ3) is 2.33. The maximum atomic E-state index is 13.1. The van der Waals surface area contributed by atoms with Crippen molar-refractivity contribution < 1.29 is 4.39 Å². The van der Waals surface area contributed by atoms with Crippen LogP contribution in [-0.4, -0.2) is 9.97 Å². The van der Waals surface area contributed by atoms with Crippen LogP contribution in [0.1, 0.15) is 16.4 Å². The Morgan fingerprint density at radius 2 is 2.27 bits per heavy atom. The maximum absolute atomic E-state index is 13.1. The fourth-order valence-electron chi connectivity index (χ4n) is 1.23. The lowest BCUT2D eigenvalue weighted by molar-refractivity contribution is 0.598. The molecule has 0 bridgehead atoms. The molecule has 0 atom stereocenters. The first kappa shape index (κ1) is 10.5. The molecule has 0 amide bonds. The molecule has 5 heteroatoms. The minimum atomic E-state index is -0.536. The first-order valence-electron chi connectivity index (χ1n) is 4.37. The Morgan fingerprint density at radius 3 is 2.87 bits per heavy atom. The number of nitrogens with zero attached hydrogens (tertiary/aromatic N) is 2. The zero-order valence-electron chi connectivity index (χ0n) is 8.00. The van der Waals surface area contributed by atoms with Gasteiger partial charge in [0.15, 0.2) is 11.0 Å². The van der Waals surface area contributed by atoms with E-state index in [1.807, 2.05) is 17.5 Å². The molecule has 2 rings (SSSR count). The number of rotatable bonds is 2. The van der Waals surface area contributed by atoms with E-state index in [0.717, 1.165) is 4.88 Å². The highest BCUT2D eigenvalue weighted by Gasteiger charge is 2.09. The Labute approximate surface area is 95.8 Å². The van der Waals surface area contributed by atoms with Gasteiger partial charge in [0.05, 0.1) is 5.69 Å². The molecule has 2 aromatic rings. The molecule has 0 aromatic carbocycles. The lowest BCUT2D eigenvalue weighted by Crippen LogP contribution is -2.01. The predicted molar refractivity (Wildman–Crippen MR) is 58.9 cm³/mol. The molecule has 0 unspecified atom stereocenters. The van der Waals surface area contributed by atoms with Crippen molar-refractivity contribution in [2.24, 2.45) is 0 Å². The van der Waals surface area contributed by atoms with Crippen molar-refractivity contribution >= 4 is 22.9 Å². The van der Waals surface area contributed by atoms with Gasteiger partial charge in [0.2, 0.25) is 0 Å². The lowest BCUT2D eigenvalue weighted by Gasteiger charge is -2.02. The minimum absolute atomic E-state index is 0.103. The molecule has 0 aliphatic heterocycles. The van der Waals surface area contributed by atoms with E-state index in [4.69, 9.17) is 11.6 Å². The van der Waals surface area contributed by atoms with Crippen LogP contribution in [0.25, 0.3) is 0 Å². The second kappa shape index (κ2) is 4.24. The van der Waals surface area contributed by atoms with Gasteiger partial charge in [-0.1, -0.05) is 17.7 Å². The van der Waals surface area contributed by atoms with E-state index in [-0.39, 0.29) is 5.15 Å². The summed E-state index contributed by atoms with van der Waals surface area (Å²) in [5, 5.41) is 1.88. The normalized spacial score (nSPS) is 10.6. The third-order valence-electron chi connectivity index (χ3n) is 1.94. The summed E-state index contributed by atoms with van der Waals surface area (Å²) >= 11 is 7.25. The Hall–Kier alpha value is -1.00. The summed E-state index contributed by atoms with van der Waals surface area (Å²) in [6.07, 6.45) is 0.596. The molecule has 0 N–H and O–H groups in total. The molecule has 0 radical (unpaired) electrons. The Balaban J connectivity index is 2.30. The summed E-state index contributed by atoms with van der Waals surface area (Å²) in [5.41, 5.74) is 0.293. The van der Waals surface area contributed by atoms with Gasteiger partial charge in [0, 0.05) is 11.3 Å². The molecule has 2 nitrogen and oxygen atoms in total. The van der Waals surface area contributed by atoms with Crippen LogP contribution >= 0.6 is 22.9 Å². The monoisotopic (exact) mass is 242 g/mol. The zero-order valence-corrected chi connectivity index (χ0v) is 9.57. The van der Waals surface area contributed by atoms with Crippen LogP contribution in [0, 0.1) is 12.7 Å². The highest BCUT2D eigenvalue weighted by atomic mass is 35.5. The summed E-state index contributed by atoms with van der Waals surface area (Å²) in [4.78, 5) is 9.08. The standard InChI is InChI=1S/C10H8ClFN2S/c1-6-9(12)10(11)14-8(13-6)5-7-3-2-4-15-7/h2-4H,5H2,1H3. The van der Waals surface area contributed by atoms with Crippen LogP contribution in [0.2, 0.25) is 5.15 Å². The van der Waals surface area contributed by atoms with Gasteiger partial charge in [0.1, 0.15) is 5.82 Å². The van der Waals surface area contributed by atoms with Crippen molar-refractivity contribution in [1.82, 2.24) is 9.97 Å². The SMILES string of the molecule is Cc1nc(Cc2cccs2)nc(Cl)c1F. The highest BCUT2D eigenvalue weighted by Crippen LogP contribution is 2.17. The van der Waals surface area contributed by atoms with Crippen LogP contribution in [0.3, 0.4) is 0 Å². The number of hydrogen-bond acceptors (Lipinski definition) is 3. The van der Waals surface area contributed by atoms with E-state index in [2.05, 4.69) is 9.97 Å². The van der Waals surface area contributed by atoms with Crippen LogP contribution in [0.15, 0.2) is 17.5 Å². The quantitative estimate of drug-likeness (QED) is 0.756. The van der Waals surface area contributed by atoms with E-state index >= 15 is 0 Å². The van der Waals surface area contributed by atoms with Crippen LogP contribution in [-0.2, 0) is 6.42 Å². The van der Waals surface area contributed by atoms with Crippen molar-refractivity contribution in [1.29, 1.82) is 0 Å². The molecule has 0 fully saturated rings. The fraction of sp³-hybridized carbons (Fsp3) is 0.200. The average Bonchev–Trinajstić information content (AvgIpc) is 2.66. The summed E-state index contributed by atoms with van der Waals surface area (Å²) in [5.74, 6) is 0.0212. The van der Waals surface area contributed by atoms with Gasteiger partial charge < -0.3 is 0 Å². The van der Waals surface area contributed by atoms with E-state index in [9.17, 15) is 4.39 Å². The molecule has 0 saturated carbocycles. The molecular weight excluding hydrogens is 235 g/mol. The zero-order chi connectivity index (χ0) is 10.8. The van der Waals surface area contributed by atoms with E-state index < -0.39 is 5.82 Å². The van der Waals surface area contributed by atoms with E-state index in [1.165, 1.54) is 0 Å². The van der Waals surface area contributed by atoms with Gasteiger partial charge in [-0.2, -0.15) is 0 Å². The minimum Gasteiger partial charge on any atom is -0.235 e. The Kier molecular flexibility index (Phi) is 2.98. The largest absolute Gasteiger partial charge is 0.235 e. The molecule has 2 aromatic heterocycles. The molecule has 0 aliphatic rings. The van der Waals surface area contributed by atoms with Crippen LogP contribution in [0.5, 0.6) is 0 Å². The number of aryl methyl sites for hydroxylation is 1. The molecule has 2 heterocycles. The topological polar surface area (TPSA) is 25.8 Å². The lowest BCUT2D eigenvalue weighted by atomic mass is 10.3. The Bertz CT molecular complexity index is 447. The number of aromatic nitrogens is 2. The van der Waals surface area contributed by atoms with Gasteiger partial charge in [-0.25, -0.2) is 14.4 Å². The van der Waals surface area contributed by atoms with Gasteiger partial charge in [0.25, 0.3) is 0 Å². The second-order valence-electron chi connectivity index (χ2n) is 3.09. The van der Waals surface area contributed by atoms with E-state index in [0.29, 0.717) is 17.9 Å². The smallest absolute Gasteiger partial charge is 0.181 e. The summed E-state index contributed by atoms with van der Waals surface area (Å²) in [6, 6.07) is 3.94. The predicted octanol–water partition coefficient (Wildman–Crippen LogP) is 3.23. The fourth-order valence-corrected chi connectivity index (χ4v) is 2.16. The average molecular weight is 243 g/mol. The maximum Gasteiger partial charge on any atom is 0.181 e. The first-order valence-corrected chi connectivity index (χ1v) is 5.63. The van der Waals surface area contributed by atoms with Crippen molar-refractivity contribution in [2.45, 2.75) is 13.3 Å². The van der Waals surface area contributed by atoms with Crippen molar-refractivity contribution in [3.8, 4) is 0 Å². The van der Waals surface area contributed by atoms with Gasteiger partial charge in [-0.05, 0) is 18.4 Å². The Morgan fingerprint density at radius 1 is 1.47 bits per heavy atom. The van der Waals surface area contributed by atoms with Crippen molar-refractivity contribution in [3.05, 3.63) is 44.9 Å². The first-order chi connectivity index (χ1) is 7.16. The van der Waals surface area contributed by atoms with Gasteiger partial charge in [-0.3, -0.25) is 0 Å². The second-order valence-corrected chi connectivity index (χ2v) is 4.48. The summed E-state index contributed by atoms with van der Waals surface area (Å²) in [7, 11) is 0. The van der Waals surface area contributed by atoms with Crippen molar-refractivity contribution in [2.75, 3.05) is 0 Å². The molecule has 0 aliphatic carbocycles. The molecule has 15 heavy (non-hydrogen) atoms. The van der Waals surface area contributed by atoms with Crippen molar-refractivity contribution in [3.63, 3.8) is 0 Å². The summed E-state index contributed by atoms with van der Waals surface area (Å²) in [6.45, 7) is 1.58. The van der Waals surface area contributed by atoms with Gasteiger partial charge >= 0.3 is 0 Å². The molecule has 0 saturated heterocycles. The third-order valence-corrected chi connectivity index (χ3v) is 3.06. The molecule has 0 spiro atoms. The molecular formula is C10H8ClFN2S. The van der Waals surface area contributed by atoms with Crippen LogP contribution in [0.4, 0.5) is 4.39 Å².